The van der Waals surface area contributed by atoms with Crippen LogP contribution in [-0.4, -0.2) is 72.6 Å². The zero-order valence-electron chi connectivity index (χ0n) is 18.6. The number of hydrogen-bond acceptors (Lipinski definition) is 7. The summed E-state index contributed by atoms with van der Waals surface area (Å²) >= 11 is 0. The van der Waals surface area contributed by atoms with Gasteiger partial charge >= 0.3 is 0 Å². The second kappa shape index (κ2) is 10.2. The van der Waals surface area contributed by atoms with Gasteiger partial charge in [-0.1, -0.05) is 6.42 Å². The number of nitrogens with one attached hydrogen (secondary N) is 1. The van der Waals surface area contributed by atoms with Crippen LogP contribution in [0.4, 0.5) is 0 Å². The number of nitrogens with zero attached hydrogens (tertiary/aromatic N) is 3. The molecule has 1 saturated heterocycles. The highest BCUT2D eigenvalue weighted by atomic mass is 32.2. The van der Waals surface area contributed by atoms with Crippen LogP contribution >= 0.6 is 0 Å². The van der Waals surface area contributed by atoms with Crippen molar-refractivity contribution in [2.75, 3.05) is 39.3 Å². The predicted octanol–water partition coefficient (Wildman–Crippen LogP) is 1.97. The third-order valence-corrected chi connectivity index (χ3v) is 7.55. The lowest BCUT2D eigenvalue weighted by molar-refractivity contribution is 0.0706. The second-order valence-electron chi connectivity index (χ2n) is 7.96. The SMILES string of the molecule is C#CN1CCN(CCCOc2ccc3c(ccn3S(=O)(=O)c3ccc(C(=O)NO)cc3)c2)CC1. The Balaban J connectivity index is 1.39. The molecule has 1 fully saturated rings. The van der Waals surface area contributed by atoms with Crippen LogP contribution < -0.4 is 10.2 Å². The summed E-state index contributed by atoms with van der Waals surface area (Å²) in [6, 6.07) is 15.0. The van der Waals surface area contributed by atoms with E-state index in [9.17, 15) is 13.2 Å². The van der Waals surface area contributed by atoms with Crippen molar-refractivity contribution in [2.24, 2.45) is 0 Å². The number of piperazine rings is 1. The molecule has 1 aliphatic rings. The number of benzene rings is 2. The van der Waals surface area contributed by atoms with E-state index in [0.29, 0.717) is 17.9 Å². The first-order valence-electron chi connectivity index (χ1n) is 10.9. The molecule has 9 nitrogen and oxygen atoms in total. The van der Waals surface area contributed by atoms with Gasteiger partial charge in [0.15, 0.2) is 0 Å². The van der Waals surface area contributed by atoms with Crippen LogP contribution in [0.3, 0.4) is 0 Å². The van der Waals surface area contributed by atoms with E-state index in [1.807, 2.05) is 11.0 Å². The molecule has 1 aliphatic heterocycles. The number of carbonyl (C=O) groups is 1. The van der Waals surface area contributed by atoms with E-state index in [0.717, 1.165) is 44.5 Å². The molecule has 10 heteroatoms. The molecule has 0 radical (unpaired) electrons. The summed E-state index contributed by atoms with van der Waals surface area (Å²) in [5, 5.41) is 9.45. The molecule has 0 bridgehead atoms. The highest BCUT2D eigenvalue weighted by molar-refractivity contribution is 7.90. The third kappa shape index (κ3) is 5.02. The van der Waals surface area contributed by atoms with E-state index >= 15 is 0 Å². The van der Waals surface area contributed by atoms with Gasteiger partial charge in [-0.2, -0.15) is 0 Å². The molecule has 0 aliphatic carbocycles. The van der Waals surface area contributed by atoms with Gasteiger partial charge in [0.1, 0.15) is 5.75 Å². The maximum Gasteiger partial charge on any atom is 0.274 e. The minimum atomic E-state index is -3.86. The zero-order chi connectivity index (χ0) is 24.1. The number of fused-ring (bicyclic) bond motifs is 1. The molecule has 0 saturated carbocycles. The molecule has 2 aromatic carbocycles. The summed E-state index contributed by atoms with van der Waals surface area (Å²) in [6.45, 7) is 5.18. The highest BCUT2D eigenvalue weighted by Gasteiger charge is 2.20. The van der Waals surface area contributed by atoms with Gasteiger partial charge in [-0.15, -0.1) is 0 Å². The third-order valence-electron chi connectivity index (χ3n) is 5.84. The lowest BCUT2D eigenvalue weighted by Crippen LogP contribution is -2.44. The Morgan fingerprint density at radius 2 is 1.82 bits per heavy atom. The van der Waals surface area contributed by atoms with Crippen LogP contribution in [0.5, 0.6) is 5.75 Å². The van der Waals surface area contributed by atoms with Gasteiger partial charge in [-0.05, 0) is 55.0 Å². The van der Waals surface area contributed by atoms with Crippen molar-refractivity contribution < 1.29 is 23.2 Å². The fraction of sp³-hybridized carbons (Fsp3) is 0.292. The first kappa shape index (κ1) is 23.6. The molecule has 2 N–H and O–H groups in total. The van der Waals surface area contributed by atoms with E-state index in [-0.39, 0.29) is 10.5 Å². The quantitative estimate of drug-likeness (QED) is 0.219. The van der Waals surface area contributed by atoms with Crippen LogP contribution in [-0.2, 0) is 10.0 Å². The van der Waals surface area contributed by atoms with Crippen LogP contribution in [0.15, 0.2) is 59.6 Å². The molecule has 34 heavy (non-hydrogen) atoms. The maximum atomic E-state index is 13.1. The van der Waals surface area contributed by atoms with Crippen LogP contribution in [0.1, 0.15) is 16.8 Å². The first-order chi connectivity index (χ1) is 16.4. The number of rotatable bonds is 8. The minimum Gasteiger partial charge on any atom is -0.494 e. The summed E-state index contributed by atoms with van der Waals surface area (Å²) in [5.74, 6) is -0.0338. The molecule has 1 aromatic heterocycles. The minimum absolute atomic E-state index is 0.0305. The molecule has 0 unspecified atom stereocenters. The Kier molecular flexibility index (Phi) is 7.07. The van der Waals surface area contributed by atoms with Crippen molar-refractivity contribution in [2.45, 2.75) is 11.3 Å². The number of amides is 1. The topological polar surface area (TPSA) is 104 Å². The average molecular weight is 483 g/mol. The molecule has 2 heterocycles. The smallest absolute Gasteiger partial charge is 0.274 e. The lowest BCUT2D eigenvalue weighted by atomic mass is 10.2. The Hall–Kier alpha value is -3.52. The van der Waals surface area contributed by atoms with Crippen LogP contribution in [0.2, 0.25) is 0 Å². The van der Waals surface area contributed by atoms with Gasteiger partial charge in [-0.25, -0.2) is 17.9 Å². The fourth-order valence-electron chi connectivity index (χ4n) is 3.93. The number of aromatic nitrogens is 1. The van der Waals surface area contributed by atoms with Gasteiger partial charge in [0.25, 0.3) is 15.9 Å². The second-order valence-corrected chi connectivity index (χ2v) is 9.78. The number of terminal acetylenes is 1. The fourth-order valence-corrected chi connectivity index (χ4v) is 5.28. The zero-order valence-corrected chi connectivity index (χ0v) is 19.4. The van der Waals surface area contributed by atoms with Gasteiger partial charge in [0.2, 0.25) is 0 Å². The van der Waals surface area contributed by atoms with Crippen molar-refractivity contribution in [3.8, 4) is 18.2 Å². The van der Waals surface area contributed by atoms with E-state index in [1.165, 1.54) is 39.9 Å². The lowest BCUT2D eigenvalue weighted by Gasteiger charge is -2.32. The molecular formula is C24H26N4O5S. The summed E-state index contributed by atoms with van der Waals surface area (Å²) in [5.41, 5.74) is 2.19. The molecule has 3 aromatic rings. The summed E-state index contributed by atoms with van der Waals surface area (Å²) in [7, 11) is -3.86. The molecule has 4 rings (SSSR count). The molecular weight excluding hydrogens is 456 g/mol. The molecule has 1 amide bonds. The van der Waals surface area contributed by atoms with Gasteiger partial charge < -0.3 is 9.64 Å². The summed E-state index contributed by atoms with van der Waals surface area (Å²) in [6.07, 6.45) is 7.81. The number of hydrogen-bond donors (Lipinski definition) is 2. The standard InChI is InChI=1S/C24H26N4O5S/c1-2-26-13-15-27(16-14-26)11-3-17-33-21-6-9-23-20(18-21)10-12-28(23)34(31,32)22-7-4-19(5-8-22)24(29)25-30/h1,4-10,12,18,30H,3,11,13-17H2,(H,25,29). The summed E-state index contributed by atoms with van der Waals surface area (Å²) < 4.78 is 33.3. The summed E-state index contributed by atoms with van der Waals surface area (Å²) in [4.78, 5) is 15.9. The van der Waals surface area contributed by atoms with Crippen molar-refractivity contribution in [1.29, 1.82) is 0 Å². The molecule has 0 spiro atoms. The van der Waals surface area contributed by atoms with Crippen molar-refractivity contribution in [3.63, 3.8) is 0 Å². The van der Waals surface area contributed by atoms with E-state index in [1.54, 1.807) is 18.2 Å². The Morgan fingerprint density at radius 3 is 2.50 bits per heavy atom. The van der Waals surface area contributed by atoms with Crippen LogP contribution in [0, 0.1) is 12.5 Å². The number of hydroxylamine groups is 1. The predicted molar refractivity (Wildman–Crippen MR) is 127 cm³/mol. The van der Waals surface area contributed by atoms with Gasteiger partial charge in [0.05, 0.1) is 17.0 Å². The number of carbonyl (C=O) groups excluding carboxylic acids is 1. The van der Waals surface area contributed by atoms with Gasteiger partial charge in [0, 0.05) is 55.9 Å². The Morgan fingerprint density at radius 1 is 1.09 bits per heavy atom. The van der Waals surface area contributed by atoms with E-state index in [2.05, 4.69) is 10.9 Å². The highest BCUT2D eigenvalue weighted by Crippen LogP contribution is 2.26. The van der Waals surface area contributed by atoms with Crippen molar-refractivity contribution in [3.05, 3.63) is 60.3 Å². The maximum absolute atomic E-state index is 13.1. The first-order valence-corrected chi connectivity index (χ1v) is 12.3. The molecule has 178 valence electrons. The van der Waals surface area contributed by atoms with Crippen molar-refractivity contribution in [1.82, 2.24) is 19.3 Å². The molecule has 0 atom stereocenters. The van der Waals surface area contributed by atoms with E-state index < -0.39 is 15.9 Å². The van der Waals surface area contributed by atoms with E-state index in [4.69, 9.17) is 16.4 Å². The monoisotopic (exact) mass is 482 g/mol. The van der Waals surface area contributed by atoms with Crippen LogP contribution in [0.25, 0.3) is 10.9 Å². The van der Waals surface area contributed by atoms with Gasteiger partial charge in [-0.3, -0.25) is 14.9 Å². The average Bonchev–Trinajstić information content (AvgIpc) is 3.31. The Labute approximate surface area is 198 Å². The van der Waals surface area contributed by atoms with Crippen molar-refractivity contribution >= 4 is 26.8 Å². The Bertz CT molecular complexity index is 1300. The largest absolute Gasteiger partial charge is 0.494 e. The number of ether oxygens (including phenoxy) is 1. The normalized spacial score (nSPS) is 14.6.